The molecule has 1 aromatic carbocycles. The summed E-state index contributed by atoms with van der Waals surface area (Å²) in [5.74, 6) is -0.129. The highest BCUT2D eigenvalue weighted by Gasteiger charge is 2.19. The zero-order valence-electron chi connectivity index (χ0n) is 12.6. The molecule has 0 spiro atoms. The summed E-state index contributed by atoms with van der Waals surface area (Å²) in [6, 6.07) is 6.99. The van der Waals surface area contributed by atoms with Crippen LogP contribution >= 0.6 is 0 Å². The van der Waals surface area contributed by atoms with Crippen molar-refractivity contribution in [3.8, 4) is 0 Å². The Balaban J connectivity index is 1.89. The monoisotopic (exact) mass is 290 g/mol. The number of hydrogen-bond acceptors (Lipinski definition) is 3. The highest BCUT2D eigenvalue weighted by atomic mass is 16.5. The number of carbonyl (C=O) groups is 2. The van der Waals surface area contributed by atoms with Gasteiger partial charge >= 0.3 is 0 Å². The van der Waals surface area contributed by atoms with Gasteiger partial charge in [-0.2, -0.15) is 0 Å². The molecule has 0 atom stereocenters. The van der Waals surface area contributed by atoms with Gasteiger partial charge in [-0.3, -0.25) is 9.59 Å². The molecule has 0 saturated carbocycles. The fraction of sp³-hybridized carbons (Fsp3) is 0.500. The van der Waals surface area contributed by atoms with Gasteiger partial charge in [0, 0.05) is 24.3 Å². The quantitative estimate of drug-likeness (QED) is 0.905. The van der Waals surface area contributed by atoms with E-state index in [1.807, 2.05) is 18.7 Å². The molecule has 1 aliphatic rings. The normalized spacial score (nSPS) is 14.5. The van der Waals surface area contributed by atoms with E-state index in [0.717, 1.165) is 25.9 Å². The largest absolute Gasteiger partial charge is 0.369 e. The van der Waals surface area contributed by atoms with Crippen LogP contribution in [0.2, 0.25) is 0 Å². The molecule has 0 unspecified atom stereocenters. The molecule has 0 radical (unpaired) electrons. The molecule has 2 rings (SSSR count). The highest BCUT2D eigenvalue weighted by molar-refractivity contribution is 5.96. The minimum atomic E-state index is -0.192. The molecule has 5 heteroatoms. The van der Waals surface area contributed by atoms with Crippen molar-refractivity contribution in [2.75, 3.05) is 25.0 Å². The summed E-state index contributed by atoms with van der Waals surface area (Å²) in [6.07, 6.45) is 2.18. The van der Waals surface area contributed by atoms with Gasteiger partial charge in [0.1, 0.15) is 6.61 Å². The maximum absolute atomic E-state index is 12.2. The second-order valence-electron chi connectivity index (χ2n) is 5.48. The molecule has 114 valence electrons. The number of anilines is 1. The lowest BCUT2D eigenvalue weighted by Crippen LogP contribution is -2.27. The topological polar surface area (TPSA) is 58.6 Å². The molecule has 1 fully saturated rings. The van der Waals surface area contributed by atoms with E-state index in [9.17, 15) is 9.59 Å². The van der Waals surface area contributed by atoms with Crippen molar-refractivity contribution in [1.29, 1.82) is 0 Å². The fourth-order valence-electron chi connectivity index (χ4n) is 2.24. The molecule has 0 bridgehead atoms. The number of carbonyl (C=O) groups excluding carboxylic acids is 2. The first-order valence-electron chi connectivity index (χ1n) is 7.37. The summed E-state index contributed by atoms with van der Waals surface area (Å²) < 4.78 is 5.23. The minimum absolute atomic E-state index is 0.0243. The Morgan fingerprint density at radius 3 is 2.38 bits per heavy atom. The molecular weight excluding hydrogens is 268 g/mol. The Labute approximate surface area is 125 Å². The van der Waals surface area contributed by atoms with Crippen molar-refractivity contribution in [3.05, 3.63) is 29.8 Å². The minimum Gasteiger partial charge on any atom is -0.369 e. The van der Waals surface area contributed by atoms with Crippen molar-refractivity contribution in [3.63, 3.8) is 0 Å². The Bertz CT molecular complexity index is 491. The van der Waals surface area contributed by atoms with Crippen LogP contribution in [0.5, 0.6) is 0 Å². The van der Waals surface area contributed by atoms with E-state index in [1.165, 1.54) is 0 Å². The van der Waals surface area contributed by atoms with E-state index >= 15 is 0 Å². The summed E-state index contributed by atoms with van der Waals surface area (Å²) >= 11 is 0. The molecule has 1 heterocycles. The van der Waals surface area contributed by atoms with Crippen LogP contribution < -0.4 is 5.32 Å². The highest BCUT2D eigenvalue weighted by Crippen LogP contribution is 2.15. The molecule has 2 amide bonds. The summed E-state index contributed by atoms with van der Waals surface area (Å²) in [5, 5.41) is 2.74. The van der Waals surface area contributed by atoms with E-state index in [1.54, 1.807) is 24.3 Å². The maximum Gasteiger partial charge on any atom is 0.253 e. The van der Waals surface area contributed by atoms with Crippen molar-refractivity contribution in [2.24, 2.45) is 0 Å². The first-order valence-corrected chi connectivity index (χ1v) is 7.37. The van der Waals surface area contributed by atoms with Gasteiger partial charge in [-0.05, 0) is 51.0 Å². The Kier molecular flexibility index (Phi) is 5.33. The molecule has 0 aromatic heterocycles. The maximum atomic E-state index is 12.2. The third kappa shape index (κ3) is 4.56. The van der Waals surface area contributed by atoms with Crippen LogP contribution in [-0.2, 0) is 9.53 Å². The number of hydrogen-bond donors (Lipinski definition) is 1. The van der Waals surface area contributed by atoms with E-state index in [-0.39, 0.29) is 24.5 Å². The molecule has 5 nitrogen and oxygen atoms in total. The summed E-state index contributed by atoms with van der Waals surface area (Å²) in [5.41, 5.74) is 1.33. The van der Waals surface area contributed by atoms with Gasteiger partial charge in [0.25, 0.3) is 5.91 Å². The van der Waals surface area contributed by atoms with Gasteiger partial charge in [-0.25, -0.2) is 0 Å². The molecular formula is C16H22N2O3. The number of nitrogens with zero attached hydrogens (tertiary/aromatic N) is 1. The molecule has 1 aliphatic heterocycles. The average Bonchev–Trinajstić information content (AvgIpc) is 2.99. The number of ether oxygens (including phenoxy) is 1. The van der Waals surface area contributed by atoms with Gasteiger partial charge in [-0.1, -0.05) is 0 Å². The van der Waals surface area contributed by atoms with Crippen molar-refractivity contribution < 1.29 is 14.3 Å². The van der Waals surface area contributed by atoms with E-state index in [0.29, 0.717) is 11.3 Å². The summed E-state index contributed by atoms with van der Waals surface area (Å²) in [4.78, 5) is 25.7. The molecule has 1 saturated heterocycles. The van der Waals surface area contributed by atoms with Crippen molar-refractivity contribution in [1.82, 2.24) is 4.90 Å². The lowest BCUT2D eigenvalue weighted by molar-refractivity contribution is -0.121. The van der Waals surface area contributed by atoms with Crippen LogP contribution in [0, 0.1) is 0 Å². The first-order chi connectivity index (χ1) is 10.1. The second kappa shape index (κ2) is 7.22. The number of rotatable bonds is 5. The van der Waals surface area contributed by atoms with Crippen LogP contribution in [0.1, 0.15) is 37.0 Å². The zero-order chi connectivity index (χ0) is 15.2. The Hall–Kier alpha value is -1.88. The lowest BCUT2D eigenvalue weighted by atomic mass is 10.2. The van der Waals surface area contributed by atoms with Crippen LogP contribution in [0.15, 0.2) is 24.3 Å². The van der Waals surface area contributed by atoms with Crippen LogP contribution in [-0.4, -0.2) is 42.5 Å². The lowest BCUT2D eigenvalue weighted by Gasteiger charge is -2.15. The van der Waals surface area contributed by atoms with Gasteiger partial charge in [0.15, 0.2) is 0 Å². The molecule has 1 aromatic rings. The van der Waals surface area contributed by atoms with E-state index in [4.69, 9.17) is 4.74 Å². The van der Waals surface area contributed by atoms with Crippen molar-refractivity contribution >= 4 is 17.5 Å². The Morgan fingerprint density at radius 2 is 1.81 bits per heavy atom. The smallest absolute Gasteiger partial charge is 0.253 e. The van der Waals surface area contributed by atoms with Crippen LogP contribution in [0.4, 0.5) is 5.69 Å². The van der Waals surface area contributed by atoms with Crippen LogP contribution in [0.25, 0.3) is 0 Å². The number of nitrogens with one attached hydrogen (secondary N) is 1. The van der Waals surface area contributed by atoms with Gasteiger partial charge in [0.05, 0.1) is 6.10 Å². The number of benzene rings is 1. The van der Waals surface area contributed by atoms with E-state index in [2.05, 4.69) is 5.32 Å². The fourth-order valence-corrected chi connectivity index (χ4v) is 2.24. The average molecular weight is 290 g/mol. The third-order valence-corrected chi connectivity index (χ3v) is 3.36. The Morgan fingerprint density at radius 1 is 1.19 bits per heavy atom. The molecule has 21 heavy (non-hydrogen) atoms. The predicted molar refractivity (Wildman–Crippen MR) is 81.3 cm³/mol. The zero-order valence-corrected chi connectivity index (χ0v) is 12.6. The molecule has 1 N–H and O–H groups in total. The van der Waals surface area contributed by atoms with Crippen LogP contribution in [0.3, 0.4) is 0 Å². The third-order valence-electron chi connectivity index (χ3n) is 3.36. The number of likely N-dealkylation sites (tertiary alicyclic amines) is 1. The molecule has 0 aliphatic carbocycles. The van der Waals surface area contributed by atoms with Gasteiger partial charge in [0.2, 0.25) is 5.91 Å². The summed E-state index contributed by atoms with van der Waals surface area (Å²) in [6.45, 7) is 5.47. The van der Waals surface area contributed by atoms with Crippen molar-refractivity contribution in [2.45, 2.75) is 32.8 Å². The van der Waals surface area contributed by atoms with E-state index < -0.39 is 0 Å². The first kappa shape index (κ1) is 15.5. The standard InChI is InChI=1S/C16H22N2O3/c1-12(2)21-11-15(19)17-14-7-5-13(6-8-14)16(20)18-9-3-4-10-18/h5-8,12H,3-4,9-11H2,1-2H3,(H,17,19). The summed E-state index contributed by atoms with van der Waals surface area (Å²) in [7, 11) is 0. The SMILES string of the molecule is CC(C)OCC(=O)Nc1ccc(C(=O)N2CCCC2)cc1. The predicted octanol–water partition coefficient (Wildman–Crippen LogP) is 2.29. The van der Waals surface area contributed by atoms with Gasteiger partial charge < -0.3 is 15.0 Å². The number of amides is 2. The van der Waals surface area contributed by atoms with Gasteiger partial charge in [-0.15, -0.1) is 0 Å². The second-order valence-corrected chi connectivity index (χ2v) is 5.48.